The molecule has 0 spiro atoms. The maximum Gasteiger partial charge on any atom is 0.239 e. The van der Waals surface area contributed by atoms with Crippen LogP contribution >= 0.6 is 15.9 Å². The van der Waals surface area contributed by atoms with Gasteiger partial charge in [-0.05, 0) is 40.9 Å². The number of ether oxygens (including phenoxy) is 1. The molecule has 15 heavy (non-hydrogen) atoms. The molecule has 0 heterocycles. The van der Waals surface area contributed by atoms with Gasteiger partial charge in [-0.2, -0.15) is 0 Å². The molecule has 0 aromatic heterocycles. The third-order valence-corrected chi connectivity index (χ3v) is 4.09. The standard InChI is InChI=1S/C9H10BrNO3S/c10-9-7(14-6-4-5-6)2-1-3-8(9)15(11,12)13/h1-3,6H,4-5H2,(H2,11,12,13). The van der Waals surface area contributed by atoms with Crippen LogP contribution in [0.25, 0.3) is 0 Å². The van der Waals surface area contributed by atoms with E-state index in [2.05, 4.69) is 15.9 Å². The molecule has 2 N–H and O–H groups in total. The maximum atomic E-state index is 11.2. The molecule has 6 heteroatoms. The minimum atomic E-state index is -3.70. The van der Waals surface area contributed by atoms with Crippen LogP contribution in [0.4, 0.5) is 0 Å². The molecular weight excluding hydrogens is 282 g/mol. The van der Waals surface area contributed by atoms with Crippen molar-refractivity contribution < 1.29 is 13.2 Å². The third kappa shape index (κ3) is 2.50. The van der Waals surface area contributed by atoms with Gasteiger partial charge in [-0.1, -0.05) is 6.07 Å². The van der Waals surface area contributed by atoms with Crippen LogP contribution in [0.5, 0.6) is 5.75 Å². The summed E-state index contributed by atoms with van der Waals surface area (Å²) in [6.07, 6.45) is 2.26. The molecule has 1 fully saturated rings. The zero-order valence-electron chi connectivity index (χ0n) is 7.81. The second-order valence-electron chi connectivity index (χ2n) is 3.43. The number of halogens is 1. The molecular formula is C9H10BrNO3S. The summed E-state index contributed by atoms with van der Waals surface area (Å²) in [5.74, 6) is 0.532. The highest BCUT2D eigenvalue weighted by molar-refractivity contribution is 9.10. The number of hydrogen-bond donors (Lipinski definition) is 1. The predicted molar refractivity (Wildman–Crippen MR) is 59.2 cm³/mol. The Balaban J connectivity index is 2.40. The van der Waals surface area contributed by atoms with Crippen LogP contribution in [0, 0.1) is 0 Å². The zero-order chi connectivity index (χ0) is 11.1. The van der Waals surface area contributed by atoms with Gasteiger partial charge in [0.2, 0.25) is 10.0 Å². The monoisotopic (exact) mass is 291 g/mol. The lowest BCUT2D eigenvalue weighted by Gasteiger charge is -2.09. The van der Waals surface area contributed by atoms with Crippen molar-refractivity contribution in [1.29, 1.82) is 0 Å². The SMILES string of the molecule is NS(=O)(=O)c1cccc(OC2CC2)c1Br. The van der Waals surface area contributed by atoms with Gasteiger partial charge >= 0.3 is 0 Å². The molecule has 0 aliphatic heterocycles. The van der Waals surface area contributed by atoms with Gasteiger partial charge in [0.25, 0.3) is 0 Å². The van der Waals surface area contributed by atoms with E-state index in [1.165, 1.54) is 6.07 Å². The number of hydrogen-bond acceptors (Lipinski definition) is 3. The van der Waals surface area contributed by atoms with E-state index in [9.17, 15) is 8.42 Å². The molecule has 1 aromatic rings. The highest BCUT2D eigenvalue weighted by atomic mass is 79.9. The summed E-state index contributed by atoms with van der Waals surface area (Å²) in [5, 5.41) is 5.06. The van der Waals surface area contributed by atoms with E-state index in [1.54, 1.807) is 12.1 Å². The highest BCUT2D eigenvalue weighted by Crippen LogP contribution is 2.35. The Kier molecular flexibility index (Phi) is 2.74. The second kappa shape index (κ2) is 3.77. The van der Waals surface area contributed by atoms with Gasteiger partial charge < -0.3 is 4.74 Å². The average Bonchev–Trinajstić information content (AvgIpc) is 2.90. The first kappa shape index (κ1) is 10.9. The van der Waals surface area contributed by atoms with E-state index in [4.69, 9.17) is 9.88 Å². The van der Waals surface area contributed by atoms with Crippen LogP contribution in [0.1, 0.15) is 12.8 Å². The first-order valence-corrected chi connectivity index (χ1v) is 6.80. The molecule has 0 bridgehead atoms. The van der Waals surface area contributed by atoms with Crippen molar-refractivity contribution in [3.63, 3.8) is 0 Å². The van der Waals surface area contributed by atoms with E-state index in [0.717, 1.165) is 12.8 Å². The lowest BCUT2D eigenvalue weighted by atomic mass is 10.3. The lowest BCUT2D eigenvalue weighted by molar-refractivity contribution is 0.300. The van der Waals surface area contributed by atoms with Gasteiger partial charge in [-0.3, -0.25) is 0 Å². The normalized spacial score (nSPS) is 16.4. The molecule has 0 amide bonds. The molecule has 1 aliphatic rings. The number of benzene rings is 1. The van der Waals surface area contributed by atoms with Crippen LogP contribution in [0.3, 0.4) is 0 Å². The molecule has 1 saturated carbocycles. The summed E-state index contributed by atoms with van der Waals surface area (Å²) >= 11 is 3.19. The van der Waals surface area contributed by atoms with Gasteiger partial charge in [-0.25, -0.2) is 13.6 Å². The van der Waals surface area contributed by atoms with Crippen LogP contribution in [-0.4, -0.2) is 14.5 Å². The Hall–Kier alpha value is -0.590. The highest BCUT2D eigenvalue weighted by Gasteiger charge is 2.25. The van der Waals surface area contributed by atoms with Crippen molar-refractivity contribution in [2.75, 3.05) is 0 Å². The Morgan fingerprint density at radius 3 is 2.60 bits per heavy atom. The van der Waals surface area contributed by atoms with Crippen molar-refractivity contribution in [3.8, 4) is 5.75 Å². The number of nitrogens with two attached hydrogens (primary N) is 1. The van der Waals surface area contributed by atoms with E-state index >= 15 is 0 Å². The molecule has 1 aliphatic carbocycles. The molecule has 1 aromatic carbocycles. The number of rotatable bonds is 3. The smallest absolute Gasteiger partial charge is 0.239 e. The van der Waals surface area contributed by atoms with Crippen LogP contribution in [-0.2, 0) is 10.0 Å². The molecule has 0 atom stereocenters. The summed E-state index contributed by atoms with van der Waals surface area (Å²) in [6.45, 7) is 0. The zero-order valence-corrected chi connectivity index (χ0v) is 10.2. The van der Waals surface area contributed by atoms with Gasteiger partial charge in [0.15, 0.2) is 0 Å². The van der Waals surface area contributed by atoms with Crippen molar-refractivity contribution in [2.24, 2.45) is 5.14 Å². The van der Waals surface area contributed by atoms with Crippen molar-refractivity contribution in [1.82, 2.24) is 0 Å². The van der Waals surface area contributed by atoms with Gasteiger partial charge in [0, 0.05) is 0 Å². The first-order valence-electron chi connectivity index (χ1n) is 4.46. The summed E-state index contributed by atoms with van der Waals surface area (Å²) in [4.78, 5) is 0.0562. The minimum absolute atomic E-state index is 0.0562. The second-order valence-corrected chi connectivity index (χ2v) is 5.75. The molecule has 0 radical (unpaired) electrons. The van der Waals surface area contributed by atoms with Crippen LogP contribution in [0.2, 0.25) is 0 Å². The Morgan fingerprint density at radius 2 is 2.07 bits per heavy atom. The van der Waals surface area contributed by atoms with Crippen molar-refractivity contribution in [3.05, 3.63) is 22.7 Å². The summed E-state index contributed by atoms with van der Waals surface area (Å²) in [6, 6.07) is 4.78. The van der Waals surface area contributed by atoms with Crippen LogP contribution in [0.15, 0.2) is 27.6 Å². The lowest BCUT2D eigenvalue weighted by Crippen LogP contribution is -2.13. The molecule has 0 unspecified atom stereocenters. The topological polar surface area (TPSA) is 69.4 Å². The Bertz CT molecular complexity index is 482. The fraction of sp³-hybridized carbons (Fsp3) is 0.333. The molecule has 2 rings (SSSR count). The van der Waals surface area contributed by atoms with E-state index in [1.807, 2.05) is 0 Å². The summed E-state index contributed by atoms with van der Waals surface area (Å²) < 4.78 is 28.3. The van der Waals surface area contributed by atoms with Crippen molar-refractivity contribution in [2.45, 2.75) is 23.8 Å². The van der Waals surface area contributed by atoms with Gasteiger partial charge in [0.1, 0.15) is 5.75 Å². The Labute approximate surface area is 96.6 Å². The van der Waals surface area contributed by atoms with Gasteiger partial charge in [-0.15, -0.1) is 0 Å². The minimum Gasteiger partial charge on any atom is -0.489 e. The maximum absolute atomic E-state index is 11.2. The predicted octanol–water partition coefficient (Wildman–Crippen LogP) is 1.64. The fourth-order valence-corrected chi connectivity index (χ4v) is 2.82. The van der Waals surface area contributed by atoms with E-state index in [-0.39, 0.29) is 11.0 Å². The van der Waals surface area contributed by atoms with Crippen LogP contribution < -0.4 is 9.88 Å². The third-order valence-electron chi connectivity index (χ3n) is 2.05. The first-order chi connectivity index (χ1) is 6.98. The fourth-order valence-electron chi connectivity index (χ4n) is 1.17. The number of primary sulfonamides is 1. The molecule has 0 saturated heterocycles. The average molecular weight is 292 g/mol. The van der Waals surface area contributed by atoms with E-state index < -0.39 is 10.0 Å². The summed E-state index contributed by atoms with van der Waals surface area (Å²) in [5.41, 5.74) is 0. The largest absolute Gasteiger partial charge is 0.489 e. The Morgan fingerprint density at radius 1 is 1.40 bits per heavy atom. The molecule has 4 nitrogen and oxygen atoms in total. The molecule has 82 valence electrons. The van der Waals surface area contributed by atoms with Crippen molar-refractivity contribution >= 4 is 26.0 Å². The van der Waals surface area contributed by atoms with Gasteiger partial charge in [0.05, 0.1) is 15.5 Å². The number of sulfonamides is 1. The quantitative estimate of drug-likeness (QED) is 0.920. The van der Waals surface area contributed by atoms with E-state index in [0.29, 0.717) is 10.2 Å². The summed E-state index contributed by atoms with van der Waals surface area (Å²) in [7, 11) is -3.70.